The van der Waals surface area contributed by atoms with Crippen LogP contribution in [0.15, 0.2) is 83.6 Å². The molecule has 0 nitrogen and oxygen atoms in total. The van der Waals surface area contributed by atoms with E-state index in [1.165, 1.54) is 31.3 Å². The summed E-state index contributed by atoms with van der Waals surface area (Å²) in [5, 5.41) is 7.15. The van der Waals surface area contributed by atoms with Gasteiger partial charge in [0, 0.05) is 9.75 Å². The molecule has 2 aromatic heterocycles. The summed E-state index contributed by atoms with van der Waals surface area (Å²) < 4.78 is 0. The molecule has 4 aromatic rings. The topological polar surface area (TPSA) is 0 Å². The molecule has 0 radical (unpaired) electrons. The van der Waals surface area contributed by atoms with Crippen molar-refractivity contribution >= 4 is 65.4 Å². The van der Waals surface area contributed by atoms with Crippen LogP contribution in [0.4, 0.5) is 0 Å². The highest BCUT2D eigenvalue weighted by atomic mass is 32.1. The molecule has 2 heterocycles. The standard InChI is InChI=1S/C26H24S2Si/c1-29(2,25-15-9-21(10-16-25)7-13-23-5-3-19-27-23)26-17-11-22(12-18-26)8-14-24-6-4-20-28-24/h3-20H,1-2H3/b13-7+,14-8+. The van der Waals surface area contributed by atoms with E-state index in [1.54, 1.807) is 22.7 Å². The molecule has 2 aromatic carbocycles. The molecular weight excluding hydrogens is 405 g/mol. The predicted molar refractivity (Wildman–Crippen MR) is 136 cm³/mol. The Morgan fingerprint density at radius 1 is 0.552 bits per heavy atom. The van der Waals surface area contributed by atoms with E-state index in [4.69, 9.17) is 0 Å². The van der Waals surface area contributed by atoms with Crippen molar-refractivity contribution in [3.8, 4) is 0 Å². The molecule has 0 unspecified atom stereocenters. The van der Waals surface area contributed by atoms with Gasteiger partial charge in [0.1, 0.15) is 8.07 Å². The van der Waals surface area contributed by atoms with Gasteiger partial charge in [-0.3, -0.25) is 0 Å². The number of benzene rings is 2. The second-order valence-corrected chi connectivity index (χ2v) is 13.9. The lowest BCUT2D eigenvalue weighted by molar-refractivity contribution is 1.64. The SMILES string of the molecule is C[Si](C)(c1ccc(/C=C/c2cccs2)cc1)c1ccc(/C=C/c2cccs2)cc1. The molecule has 0 N–H and O–H groups in total. The first-order valence-corrected chi connectivity index (χ1v) is 14.5. The largest absolute Gasteiger partial charge is 0.144 e. The van der Waals surface area contributed by atoms with Gasteiger partial charge in [0.05, 0.1) is 0 Å². The Morgan fingerprint density at radius 2 is 0.966 bits per heavy atom. The third kappa shape index (κ3) is 4.94. The maximum absolute atomic E-state index is 2.43. The lowest BCUT2D eigenvalue weighted by atomic mass is 10.2. The van der Waals surface area contributed by atoms with Crippen LogP contribution in [0, 0.1) is 0 Å². The summed E-state index contributed by atoms with van der Waals surface area (Å²) in [5.41, 5.74) is 2.50. The van der Waals surface area contributed by atoms with Gasteiger partial charge in [-0.1, -0.05) is 96.3 Å². The monoisotopic (exact) mass is 428 g/mol. The number of rotatable bonds is 6. The molecule has 0 saturated heterocycles. The zero-order valence-electron chi connectivity index (χ0n) is 16.7. The molecule has 0 aliphatic rings. The van der Waals surface area contributed by atoms with E-state index in [1.807, 2.05) is 0 Å². The lowest BCUT2D eigenvalue weighted by Gasteiger charge is -2.24. The van der Waals surface area contributed by atoms with E-state index in [0.29, 0.717) is 0 Å². The van der Waals surface area contributed by atoms with Crippen molar-refractivity contribution in [1.29, 1.82) is 0 Å². The van der Waals surface area contributed by atoms with Gasteiger partial charge in [-0.2, -0.15) is 0 Å². The van der Waals surface area contributed by atoms with Crippen molar-refractivity contribution in [2.45, 2.75) is 13.1 Å². The first-order valence-electron chi connectivity index (χ1n) is 9.75. The van der Waals surface area contributed by atoms with Crippen LogP contribution in [0.1, 0.15) is 20.9 Å². The van der Waals surface area contributed by atoms with Crippen molar-refractivity contribution in [3.63, 3.8) is 0 Å². The van der Waals surface area contributed by atoms with Gasteiger partial charge in [0.25, 0.3) is 0 Å². The Labute approximate surface area is 182 Å². The molecule has 0 amide bonds. The van der Waals surface area contributed by atoms with E-state index >= 15 is 0 Å². The van der Waals surface area contributed by atoms with Crippen LogP contribution in [0.3, 0.4) is 0 Å². The van der Waals surface area contributed by atoms with Gasteiger partial charge >= 0.3 is 0 Å². The van der Waals surface area contributed by atoms with Gasteiger partial charge < -0.3 is 0 Å². The van der Waals surface area contributed by atoms with Crippen LogP contribution >= 0.6 is 22.7 Å². The Bertz CT molecular complexity index is 993. The summed E-state index contributed by atoms with van der Waals surface area (Å²) in [6, 6.07) is 26.7. The van der Waals surface area contributed by atoms with Crippen molar-refractivity contribution in [1.82, 2.24) is 0 Å². The highest BCUT2D eigenvalue weighted by molar-refractivity contribution is 7.11. The Morgan fingerprint density at radius 3 is 1.31 bits per heavy atom. The van der Waals surface area contributed by atoms with Gasteiger partial charge in [-0.25, -0.2) is 0 Å². The zero-order valence-corrected chi connectivity index (χ0v) is 19.3. The van der Waals surface area contributed by atoms with Crippen LogP contribution < -0.4 is 10.4 Å². The molecule has 3 heteroatoms. The molecule has 29 heavy (non-hydrogen) atoms. The van der Waals surface area contributed by atoms with E-state index in [-0.39, 0.29) is 0 Å². The van der Waals surface area contributed by atoms with Gasteiger partial charge in [-0.05, 0) is 46.2 Å². The van der Waals surface area contributed by atoms with E-state index in [0.717, 1.165) is 0 Å². The van der Waals surface area contributed by atoms with E-state index in [2.05, 4.69) is 121 Å². The molecule has 0 atom stereocenters. The summed E-state index contributed by atoms with van der Waals surface area (Å²) in [4.78, 5) is 2.58. The molecular formula is C26H24S2Si. The fraction of sp³-hybridized carbons (Fsp3) is 0.0769. The number of hydrogen-bond donors (Lipinski definition) is 0. The van der Waals surface area contributed by atoms with Crippen LogP contribution in [-0.4, -0.2) is 8.07 Å². The van der Waals surface area contributed by atoms with Crippen LogP contribution in [0.5, 0.6) is 0 Å². The Balaban J connectivity index is 1.48. The third-order valence-corrected chi connectivity index (χ3v) is 10.5. The molecule has 0 fully saturated rings. The lowest BCUT2D eigenvalue weighted by Crippen LogP contribution is -2.52. The minimum Gasteiger partial charge on any atom is -0.144 e. The highest BCUT2D eigenvalue weighted by Gasteiger charge is 2.25. The molecule has 0 aliphatic carbocycles. The summed E-state index contributed by atoms with van der Waals surface area (Å²) >= 11 is 3.53. The molecule has 144 valence electrons. The second kappa shape index (κ2) is 8.91. The molecule has 4 rings (SSSR count). The average Bonchev–Trinajstić information content (AvgIpc) is 3.45. The maximum atomic E-state index is 2.43. The van der Waals surface area contributed by atoms with Crippen LogP contribution in [-0.2, 0) is 0 Å². The first-order chi connectivity index (χ1) is 14.1. The second-order valence-electron chi connectivity index (χ2n) is 7.57. The maximum Gasteiger partial charge on any atom is 0.112 e. The highest BCUT2D eigenvalue weighted by Crippen LogP contribution is 2.15. The van der Waals surface area contributed by atoms with Crippen molar-refractivity contribution in [2.24, 2.45) is 0 Å². The van der Waals surface area contributed by atoms with Gasteiger partial charge in [0.2, 0.25) is 0 Å². The van der Waals surface area contributed by atoms with Crippen LogP contribution in [0.25, 0.3) is 24.3 Å². The molecule has 0 bridgehead atoms. The molecule has 0 saturated carbocycles. The third-order valence-electron chi connectivity index (χ3n) is 5.23. The summed E-state index contributed by atoms with van der Waals surface area (Å²) in [6.45, 7) is 4.86. The smallest absolute Gasteiger partial charge is 0.112 e. The van der Waals surface area contributed by atoms with Crippen molar-refractivity contribution in [2.75, 3.05) is 0 Å². The summed E-state index contributed by atoms with van der Waals surface area (Å²) in [5.74, 6) is 0. The predicted octanol–water partition coefficient (Wildman–Crippen LogP) is 6.97. The summed E-state index contributed by atoms with van der Waals surface area (Å²) in [6.07, 6.45) is 8.76. The fourth-order valence-corrected chi connectivity index (χ4v) is 6.89. The summed E-state index contributed by atoms with van der Waals surface area (Å²) in [7, 11) is -1.70. The Hall–Kier alpha value is -2.46. The van der Waals surface area contributed by atoms with Gasteiger partial charge in [0.15, 0.2) is 0 Å². The first kappa shape index (κ1) is 19.8. The quantitative estimate of drug-likeness (QED) is 0.291. The Kier molecular flexibility index (Phi) is 6.10. The number of thiophene rings is 2. The number of hydrogen-bond acceptors (Lipinski definition) is 2. The van der Waals surface area contributed by atoms with Crippen molar-refractivity contribution < 1.29 is 0 Å². The fourth-order valence-electron chi connectivity index (χ4n) is 3.32. The zero-order chi connectivity index (χ0) is 20.1. The van der Waals surface area contributed by atoms with E-state index in [9.17, 15) is 0 Å². The van der Waals surface area contributed by atoms with Crippen LogP contribution in [0.2, 0.25) is 13.1 Å². The van der Waals surface area contributed by atoms with Gasteiger partial charge in [-0.15, -0.1) is 22.7 Å². The molecule has 0 aliphatic heterocycles. The molecule has 0 spiro atoms. The normalized spacial score (nSPS) is 12.2. The van der Waals surface area contributed by atoms with E-state index < -0.39 is 8.07 Å². The minimum absolute atomic E-state index is 1.25. The minimum atomic E-state index is -1.70. The average molecular weight is 429 g/mol. The van der Waals surface area contributed by atoms with Crippen molar-refractivity contribution in [3.05, 3.63) is 104 Å².